The maximum Gasteiger partial charge on any atom is 0.225 e. The maximum atomic E-state index is 11.8. The van der Waals surface area contributed by atoms with Crippen molar-refractivity contribution in [3.63, 3.8) is 0 Å². The summed E-state index contributed by atoms with van der Waals surface area (Å²) in [5.41, 5.74) is 0. The SMILES string of the molecule is CC(C)C(=O)N1CCC(n2cccc2)CC1. The summed E-state index contributed by atoms with van der Waals surface area (Å²) in [6.07, 6.45) is 6.38. The smallest absolute Gasteiger partial charge is 0.225 e. The number of piperidine rings is 1. The summed E-state index contributed by atoms with van der Waals surface area (Å²) in [7, 11) is 0. The van der Waals surface area contributed by atoms with Crippen LogP contribution in [0.2, 0.25) is 0 Å². The summed E-state index contributed by atoms with van der Waals surface area (Å²) in [6, 6.07) is 4.70. The molecule has 2 heterocycles. The Morgan fingerprint density at radius 1 is 1.19 bits per heavy atom. The second kappa shape index (κ2) is 4.73. The molecule has 3 heteroatoms. The van der Waals surface area contributed by atoms with Crippen molar-refractivity contribution in [3.8, 4) is 0 Å². The first-order chi connectivity index (χ1) is 7.68. The Balaban J connectivity index is 1.90. The topological polar surface area (TPSA) is 25.2 Å². The van der Waals surface area contributed by atoms with E-state index in [1.165, 1.54) is 0 Å². The summed E-state index contributed by atoms with van der Waals surface area (Å²) >= 11 is 0. The van der Waals surface area contributed by atoms with Crippen LogP contribution < -0.4 is 0 Å². The van der Waals surface area contributed by atoms with Gasteiger partial charge >= 0.3 is 0 Å². The molecule has 1 aromatic rings. The highest BCUT2D eigenvalue weighted by molar-refractivity contribution is 5.78. The van der Waals surface area contributed by atoms with E-state index >= 15 is 0 Å². The van der Waals surface area contributed by atoms with Crippen LogP contribution in [-0.2, 0) is 4.79 Å². The lowest BCUT2D eigenvalue weighted by Gasteiger charge is -2.33. The monoisotopic (exact) mass is 220 g/mol. The average molecular weight is 220 g/mol. The molecule has 0 aliphatic carbocycles. The first-order valence-corrected chi connectivity index (χ1v) is 6.09. The van der Waals surface area contributed by atoms with Gasteiger partial charge in [0.2, 0.25) is 5.91 Å². The quantitative estimate of drug-likeness (QED) is 0.750. The third-order valence-electron chi connectivity index (χ3n) is 3.32. The lowest BCUT2D eigenvalue weighted by molar-refractivity contribution is -0.135. The highest BCUT2D eigenvalue weighted by atomic mass is 16.2. The van der Waals surface area contributed by atoms with Crippen LogP contribution in [0.4, 0.5) is 0 Å². The van der Waals surface area contributed by atoms with Gasteiger partial charge < -0.3 is 9.47 Å². The Hall–Kier alpha value is -1.25. The van der Waals surface area contributed by atoms with Crippen molar-refractivity contribution in [2.75, 3.05) is 13.1 Å². The zero-order valence-corrected chi connectivity index (χ0v) is 10.1. The van der Waals surface area contributed by atoms with Crippen LogP contribution >= 0.6 is 0 Å². The number of hydrogen-bond acceptors (Lipinski definition) is 1. The normalized spacial score (nSPS) is 18.1. The highest BCUT2D eigenvalue weighted by Crippen LogP contribution is 2.23. The standard InChI is InChI=1S/C13H20N2O/c1-11(2)13(16)15-9-5-12(6-10-15)14-7-3-4-8-14/h3-4,7-8,11-12H,5-6,9-10H2,1-2H3. The van der Waals surface area contributed by atoms with Crippen LogP contribution in [0, 0.1) is 5.92 Å². The number of rotatable bonds is 2. The zero-order chi connectivity index (χ0) is 11.5. The van der Waals surface area contributed by atoms with E-state index in [0.29, 0.717) is 11.9 Å². The lowest BCUT2D eigenvalue weighted by atomic mass is 10.0. The third-order valence-corrected chi connectivity index (χ3v) is 3.32. The van der Waals surface area contributed by atoms with Crippen molar-refractivity contribution in [2.24, 2.45) is 5.92 Å². The number of nitrogens with zero attached hydrogens (tertiary/aromatic N) is 2. The van der Waals surface area contributed by atoms with Crippen LogP contribution in [0.15, 0.2) is 24.5 Å². The van der Waals surface area contributed by atoms with Crippen molar-refractivity contribution in [1.82, 2.24) is 9.47 Å². The Labute approximate surface area is 97.1 Å². The predicted octanol–water partition coefficient (Wildman–Crippen LogP) is 2.31. The second-order valence-corrected chi connectivity index (χ2v) is 4.84. The minimum atomic E-state index is 0.128. The van der Waals surface area contributed by atoms with Crippen molar-refractivity contribution < 1.29 is 4.79 Å². The third kappa shape index (κ3) is 2.29. The van der Waals surface area contributed by atoms with E-state index in [1.54, 1.807) is 0 Å². The Morgan fingerprint density at radius 3 is 2.25 bits per heavy atom. The minimum absolute atomic E-state index is 0.128. The largest absolute Gasteiger partial charge is 0.351 e. The molecule has 2 rings (SSSR count). The minimum Gasteiger partial charge on any atom is -0.351 e. The number of amides is 1. The Kier molecular flexibility index (Phi) is 3.32. The van der Waals surface area contributed by atoms with Gasteiger partial charge in [-0.05, 0) is 25.0 Å². The second-order valence-electron chi connectivity index (χ2n) is 4.84. The van der Waals surface area contributed by atoms with Crippen molar-refractivity contribution in [1.29, 1.82) is 0 Å². The number of aromatic nitrogens is 1. The molecule has 1 aromatic heterocycles. The van der Waals surface area contributed by atoms with Crippen LogP contribution in [0.25, 0.3) is 0 Å². The van der Waals surface area contributed by atoms with Crippen molar-refractivity contribution >= 4 is 5.91 Å². The van der Waals surface area contributed by atoms with Crippen LogP contribution in [0.5, 0.6) is 0 Å². The fourth-order valence-electron chi connectivity index (χ4n) is 2.34. The number of carbonyl (C=O) groups is 1. The van der Waals surface area contributed by atoms with Crippen LogP contribution in [0.1, 0.15) is 32.7 Å². The van der Waals surface area contributed by atoms with E-state index in [4.69, 9.17) is 0 Å². The van der Waals surface area contributed by atoms with Gasteiger partial charge in [-0.2, -0.15) is 0 Å². The van der Waals surface area contributed by atoms with Gasteiger partial charge in [0.1, 0.15) is 0 Å². The molecule has 0 bridgehead atoms. The molecule has 1 aliphatic rings. The molecule has 0 spiro atoms. The summed E-state index contributed by atoms with van der Waals surface area (Å²) in [4.78, 5) is 13.8. The van der Waals surface area contributed by atoms with E-state index in [0.717, 1.165) is 25.9 Å². The molecular weight excluding hydrogens is 200 g/mol. The fraction of sp³-hybridized carbons (Fsp3) is 0.615. The molecule has 0 aromatic carbocycles. The molecule has 0 saturated carbocycles. The average Bonchev–Trinajstić information content (AvgIpc) is 2.81. The molecule has 88 valence electrons. The van der Waals surface area contributed by atoms with E-state index in [2.05, 4.69) is 29.1 Å². The molecule has 1 aliphatic heterocycles. The van der Waals surface area contributed by atoms with Gasteiger partial charge in [0.15, 0.2) is 0 Å². The summed E-state index contributed by atoms with van der Waals surface area (Å²) in [6.45, 7) is 5.75. The maximum absolute atomic E-state index is 11.8. The summed E-state index contributed by atoms with van der Waals surface area (Å²) in [5, 5.41) is 0. The van der Waals surface area contributed by atoms with Gasteiger partial charge in [-0.15, -0.1) is 0 Å². The van der Waals surface area contributed by atoms with E-state index in [-0.39, 0.29) is 5.92 Å². The predicted molar refractivity (Wildman–Crippen MR) is 64.1 cm³/mol. The molecule has 1 fully saturated rings. The van der Waals surface area contributed by atoms with Gasteiger partial charge in [-0.25, -0.2) is 0 Å². The fourth-order valence-corrected chi connectivity index (χ4v) is 2.34. The number of hydrogen-bond donors (Lipinski definition) is 0. The molecule has 1 amide bonds. The van der Waals surface area contributed by atoms with Gasteiger partial charge in [0, 0.05) is 37.4 Å². The Morgan fingerprint density at radius 2 is 1.75 bits per heavy atom. The van der Waals surface area contributed by atoms with Crippen LogP contribution in [0.3, 0.4) is 0 Å². The van der Waals surface area contributed by atoms with Crippen molar-refractivity contribution in [3.05, 3.63) is 24.5 Å². The first-order valence-electron chi connectivity index (χ1n) is 6.09. The van der Waals surface area contributed by atoms with Crippen molar-refractivity contribution in [2.45, 2.75) is 32.7 Å². The molecule has 0 unspecified atom stereocenters. The zero-order valence-electron chi connectivity index (χ0n) is 10.1. The van der Waals surface area contributed by atoms with Gasteiger partial charge in [0.05, 0.1) is 0 Å². The highest BCUT2D eigenvalue weighted by Gasteiger charge is 2.24. The van der Waals surface area contributed by atoms with Gasteiger partial charge in [-0.3, -0.25) is 4.79 Å². The van der Waals surface area contributed by atoms with E-state index in [9.17, 15) is 4.79 Å². The molecule has 3 nitrogen and oxygen atoms in total. The molecule has 0 atom stereocenters. The Bertz CT molecular complexity index is 335. The van der Waals surface area contributed by atoms with Gasteiger partial charge in [0.25, 0.3) is 0 Å². The van der Waals surface area contributed by atoms with Crippen LogP contribution in [-0.4, -0.2) is 28.5 Å². The number of likely N-dealkylation sites (tertiary alicyclic amines) is 1. The first kappa shape index (κ1) is 11.2. The van der Waals surface area contributed by atoms with E-state index < -0.39 is 0 Å². The molecular formula is C13H20N2O. The summed E-state index contributed by atoms with van der Waals surface area (Å²) < 4.78 is 2.26. The lowest BCUT2D eigenvalue weighted by Crippen LogP contribution is -2.40. The summed E-state index contributed by atoms with van der Waals surface area (Å²) in [5.74, 6) is 0.425. The molecule has 1 saturated heterocycles. The van der Waals surface area contributed by atoms with Gasteiger partial charge in [-0.1, -0.05) is 13.8 Å². The molecule has 0 radical (unpaired) electrons. The van der Waals surface area contributed by atoms with E-state index in [1.807, 2.05) is 18.7 Å². The molecule has 16 heavy (non-hydrogen) atoms. The number of carbonyl (C=O) groups excluding carboxylic acids is 1. The molecule has 0 N–H and O–H groups in total.